The smallest absolute Gasteiger partial charge is 0.257 e. The Hall–Kier alpha value is -1.38. The lowest BCUT2D eigenvalue weighted by Gasteiger charge is -2.27. The van der Waals surface area contributed by atoms with Crippen LogP contribution in [0, 0.1) is 13.8 Å². The topological polar surface area (TPSA) is 74.7 Å². The molecule has 28 heavy (non-hydrogen) atoms. The van der Waals surface area contributed by atoms with Crippen LogP contribution >= 0.6 is 0 Å². The van der Waals surface area contributed by atoms with E-state index in [4.69, 9.17) is 0 Å². The summed E-state index contributed by atoms with van der Waals surface area (Å²) in [7, 11) is -1.95. The fourth-order valence-corrected chi connectivity index (χ4v) is 6.16. The van der Waals surface area contributed by atoms with Crippen LogP contribution in [-0.2, 0) is 17.1 Å². The quantitative estimate of drug-likeness (QED) is 0.779. The van der Waals surface area contributed by atoms with Gasteiger partial charge in [-0.1, -0.05) is 6.92 Å². The maximum Gasteiger partial charge on any atom is 0.257 e. The highest BCUT2D eigenvalue weighted by atomic mass is 32.2. The fourth-order valence-electron chi connectivity index (χ4n) is 4.57. The van der Waals surface area contributed by atoms with Crippen LogP contribution in [0.4, 0.5) is 0 Å². The van der Waals surface area contributed by atoms with E-state index in [1.54, 1.807) is 11.8 Å². The summed E-state index contributed by atoms with van der Waals surface area (Å²) in [6, 6.07) is 0.228. The maximum atomic E-state index is 13.3. The number of likely N-dealkylation sites (N-methyl/N-ethyl adjacent to an activating group) is 1. The molecule has 2 saturated heterocycles. The molecule has 1 N–H and O–H groups in total. The first-order valence-corrected chi connectivity index (χ1v) is 11.9. The molecule has 1 atom stereocenters. The number of rotatable bonds is 6. The van der Waals surface area contributed by atoms with Gasteiger partial charge in [0.15, 0.2) is 0 Å². The molecule has 1 unspecified atom stereocenters. The van der Waals surface area contributed by atoms with Gasteiger partial charge in [0, 0.05) is 44.1 Å². The molecule has 0 bridgehead atoms. The van der Waals surface area contributed by atoms with E-state index in [0.29, 0.717) is 36.6 Å². The third kappa shape index (κ3) is 4.00. The first-order chi connectivity index (χ1) is 13.3. The number of nitrogens with one attached hydrogen (secondary N) is 1. The highest BCUT2D eigenvalue weighted by Crippen LogP contribution is 2.28. The Kier molecular flexibility index (Phi) is 6.51. The van der Waals surface area contributed by atoms with E-state index in [-0.39, 0.29) is 16.8 Å². The van der Waals surface area contributed by atoms with Gasteiger partial charge in [0.1, 0.15) is 4.90 Å². The average molecular weight is 411 g/mol. The molecule has 0 spiro atoms. The molecule has 1 aromatic rings. The van der Waals surface area contributed by atoms with Crippen molar-refractivity contribution in [3.8, 4) is 0 Å². The van der Waals surface area contributed by atoms with Gasteiger partial charge < -0.3 is 9.47 Å². The number of sulfonamides is 1. The number of carbonyl (C=O) groups is 1. The monoisotopic (exact) mass is 410 g/mol. The number of piperidine rings is 1. The summed E-state index contributed by atoms with van der Waals surface area (Å²) in [6.07, 6.45) is 5.18. The lowest BCUT2D eigenvalue weighted by molar-refractivity contribution is 0.0719. The van der Waals surface area contributed by atoms with Crippen molar-refractivity contribution < 1.29 is 13.2 Å². The van der Waals surface area contributed by atoms with E-state index in [1.165, 1.54) is 0 Å². The second-order valence-corrected chi connectivity index (χ2v) is 9.77. The van der Waals surface area contributed by atoms with Crippen molar-refractivity contribution in [1.29, 1.82) is 0 Å². The lowest BCUT2D eigenvalue weighted by Crippen LogP contribution is -2.41. The van der Waals surface area contributed by atoms with Gasteiger partial charge in [-0.3, -0.25) is 9.69 Å². The van der Waals surface area contributed by atoms with E-state index < -0.39 is 10.0 Å². The first kappa shape index (κ1) is 21.3. The third-order valence-electron chi connectivity index (χ3n) is 6.46. The Bertz CT molecular complexity index is 825. The highest BCUT2D eigenvalue weighted by molar-refractivity contribution is 7.89. The van der Waals surface area contributed by atoms with Crippen molar-refractivity contribution in [3.63, 3.8) is 0 Å². The van der Waals surface area contributed by atoms with Crippen LogP contribution in [0.3, 0.4) is 0 Å². The van der Waals surface area contributed by atoms with Gasteiger partial charge in [-0.25, -0.2) is 13.1 Å². The number of aromatic nitrogens is 1. The summed E-state index contributed by atoms with van der Waals surface area (Å²) >= 11 is 0. The molecule has 0 saturated carbocycles. The minimum absolute atomic E-state index is 0.155. The zero-order valence-electron chi connectivity index (χ0n) is 17.6. The molecule has 158 valence electrons. The number of amides is 1. The molecular formula is C20H34N4O3S. The van der Waals surface area contributed by atoms with Crippen LogP contribution in [-0.4, -0.2) is 67.5 Å². The van der Waals surface area contributed by atoms with Gasteiger partial charge in [0.2, 0.25) is 10.0 Å². The van der Waals surface area contributed by atoms with Crippen molar-refractivity contribution in [2.75, 3.05) is 32.7 Å². The van der Waals surface area contributed by atoms with E-state index >= 15 is 0 Å². The van der Waals surface area contributed by atoms with Crippen LogP contribution < -0.4 is 4.72 Å². The Morgan fingerprint density at radius 2 is 1.75 bits per heavy atom. The molecule has 1 aromatic heterocycles. The Labute approximate surface area is 169 Å². The summed E-state index contributed by atoms with van der Waals surface area (Å²) in [5, 5.41) is 0. The second-order valence-electron chi connectivity index (χ2n) is 8.06. The van der Waals surface area contributed by atoms with E-state index in [0.717, 1.165) is 45.2 Å². The van der Waals surface area contributed by atoms with E-state index in [1.807, 2.05) is 18.5 Å². The molecule has 2 aliphatic rings. The highest BCUT2D eigenvalue weighted by Gasteiger charge is 2.34. The molecule has 0 aliphatic carbocycles. The van der Waals surface area contributed by atoms with Gasteiger partial charge in [0.05, 0.1) is 5.56 Å². The van der Waals surface area contributed by atoms with Crippen molar-refractivity contribution in [2.45, 2.75) is 63.8 Å². The molecule has 3 rings (SSSR count). The molecule has 2 aliphatic heterocycles. The van der Waals surface area contributed by atoms with Crippen LogP contribution in [0.15, 0.2) is 4.90 Å². The predicted molar refractivity (Wildman–Crippen MR) is 110 cm³/mol. The Balaban J connectivity index is 1.89. The van der Waals surface area contributed by atoms with Crippen LogP contribution in [0.25, 0.3) is 0 Å². The minimum atomic E-state index is -3.77. The van der Waals surface area contributed by atoms with Crippen LogP contribution in [0.2, 0.25) is 0 Å². The van der Waals surface area contributed by atoms with E-state index in [9.17, 15) is 13.2 Å². The van der Waals surface area contributed by atoms with Gasteiger partial charge in [-0.05, 0) is 59.0 Å². The second kappa shape index (κ2) is 8.55. The van der Waals surface area contributed by atoms with Crippen LogP contribution in [0.5, 0.6) is 0 Å². The van der Waals surface area contributed by atoms with Gasteiger partial charge >= 0.3 is 0 Å². The standard InChI is InChI=1S/C20H34N4O3S/c1-5-23-13-9-10-17(23)14-21-28(26,27)19-16(3)22(4)15(2)18(19)20(25)24-11-7-6-8-12-24/h17,21H,5-14H2,1-4H3. The normalized spacial score (nSPS) is 21.4. The largest absolute Gasteiger partial charge is 0.350 e. The maximum absolute atomic E-state index is 13.3. The third-order valence-corrected chi connectivity index (χ3v) is 8.05. The average Bonchev–Trinajstić information content (AvgIpc) is 3.24. The van der Waals surface area contributed by atoms with Gasteiger partial charge in [-0.2, -0.15) is 0 Å². The molecule has 0 radical (unpaired) electrons. The van der Waals surface area contributed by atoms with Crippen molar-refractivity contribution in [3.05, 3.63) is 17.0 Å². The molecule has 1 amide bonds. The molecule has 2 fully saturated rings. The van der Waals surface area contributed by atoms with Crippen molar-refractivity contribution in [2.24, 2.45) is 7.05 Å². The first-order valence-electron chi connectivity index (χ1n) is 10.5. The van der Waals surface area contributed by atoms with Gasteiger partial charge in [0.25, 0.3) is 5.91 Å². The Morgan fingerprint density at radius 1 is 1.07 bits per heavy atom. The molecule has 8 heteroatoms. The Morgan fingerprint density at radius 3 is 2.39 bits per heavy atom. The summed E-state index contributed by atoms with van der Waals surface area (Å²) in [6.45, 7) is 9.45. The van der Waals surface area contributed by atoms with Crippen molar-refractivity contribution in [1.82, 2.24) is 19.1 Å². The predicted octanol–water partition coefficient (Wildman–Crippen LogP) is 2.03. The number of carbonyl (C=O) groups excluding carboxylic acids is 1. The summed E-state index contributed by atoms with van der Waals surface area (Å²) in [5.74, 6) is -0.155. The fraction of sp³-hybridized carbons (Fsp3) is 0.750. The summed E-state index contributed by atoms with van der Waals surface area (Å²) in [5.41, 5.74) is 1.67. The number of likely N-dealkylation sites (tertiary alicyclic amines) is 2. The molecule has 7 nitrogen and oxygen atoms in total. The van der Waals surface area contributed by atoms with Crippen LogP contribution in [0.1, 0.15) is 60.8 Å². The summed E-state index contributed by atoms with van der Waals surface area (Å²) in [4.78, 5) is 17.5. The minimum Gasteiger partial charge on any atom is -0.350 e. The van der Waals surface area contributed by atoms with E-state index in [2.05, 4.69) is 16.5 Å². The zero-order valence-corrected chi connectivity index (χ0v) is 18.4. The number of nitrogens with zero attached hydrogens (tertiary/aromatic N) is 3. The lowest BCUT2D eigenvalue weighted by atomic mass is 10.1. The van der Waals surface area contributed by atoms with Crippen molar-refractivity contribution >= 4 is 15.9 Å². The molecule has 0 aromatic carbocycles. The molecular weight excluding hydrogens is 376 g/mol. The number of hydrogen-bond acceptors (Lipinski definition) is 4. The molecule has 3 heterocycles. The summed E-state index contributed by atoms with van der Waals surface area (Å²) < 4.78 is 31.2. The van der Waals surface area contributed by atoms with Gasteiger partial charge in [-0.15, -0.1) is 0 Å². The zero-order chi connectivity index (χ0) is 20.5. The number of hydrogen-bond donors (Lipinski definition) is 1. The SMILES string of the molecule is CCN1CCCC1CNS(=O)(=O)c1c(C(=O)N2CCCCC2)c(C)n(C)c1C.